The van der Waals surface area contributed by atoms with Gasteiger partial charge in [0.15, 0.2) is 5.13 Å². The number of hydrogen-bond donors (Lipinski definition) is 0. The van der Waals surface area contributed by atoms with Gasteiger partial charge in [-0.25, -0.2) is 4.98 Å². The molecule has 1 amide bonds. The van der Waals surface area contributed by atoms with Gasteiger partial charge in [0.25, 0.3) is 0 Å². The van der Waals surface area contributed by atoms with Crippen LogP contribution >= 0.6 is 23.7 Å². The predicted molar refractivity (Wildman–Crippen MR) is 144 cm³/mol. The number of nitrogens with zero attached hydrogens (tertiary/aromatic N) is 3. The molecule has 1 aliphatic heterocycles. The molecule has 0 saturated carbocycles. The fourth-order valence-electron chi connectivity index (χ4n) is 4.46. The summed E-state index contributed by atoms with van der Waals surface area (Å²) in [5, 5.41) is 3.09. The molecule has 0 radical (unpaired) electrons. The molecule has 4 aromatic rings. The molecule has 1 aliphatic rings. The summed E-state index contributed by atoms with van der Waals surface area (Å²) in [5.74, 6) is 0.0916. The predicted octanol–water partition coefficient (Wildman–Crippen LogP) is 5.40. The van der Waals surface area contributed by atoms with Gasteiger partial charge in [-0.05, 0) is 41.3 Å². The summed E-state index contributed by atoms with van der Waals surface area (Å²) in [6, 6.07) is 18.7. The Bertz CT molecular complexity index is 1260. The number of carbonyl (C=O) groups is 1. The van der Waals surface area contributed by atoms with Crippen molar-refractivity contribution in [1.82, 2.24) is 9.88 Å². The lowest BCUT2D eigenvalue weighted by molar-refractivity contribution is -0.118. The number of aromatic nitrogens is 1. The lowest BCUT2D eigenvalue weighted by Crippen LogP contribution is -2.43. The van der Waals surface area contributed by atoms with Crippen molar-refractivity contribution in [2.24, 2.45) is 0 Å². The summed E-state index contributed by atoms with van der Waals surface area (Å²) in [5.41, 5.74) is 4.41. The molecule has 0 atom stereocenters. The lowest BCUT2D eigenvalue weighted by Gasteiger charge is -2.29. The Hall–Kier alpha value is -2.51. The van der Waals surface area contributed by atoms with Gasteiger partial charge in [-0.1, -0.05) is 65.9 Å². The van der Waals surface area contributed by atoms with Crippen molar-refractivity contribution in [3.63, 3.8) is 0 Å². The zero-order valence-electron chi connectivity index (χ0n) is 19.6. The third-order valence-corrected chi connectivity index (χ3v) is 7.64. The topological polar surface area (TPSA) is 45.7 Å². The first-order valence-electron chi connectivity index (χ1n) is 11.5. The molecule has 0 spiro atoms. The molecule has 2 heterocycles. The van der Waals surface area contributed by atoms with Gasteiger partial charge in [-0.2, -0.15) is 0 Å². The van der Waals surface area contributed by atoms with E-state index in [2.05, 4.69) is 55.1 Å². The molecule has 1 fully saturated rings. The van der Waals surface area contributed by atoms with Crippen molar-refractivity contribution in [3.8, 4) is 0 Å². The number of amides is 1. The second-order valence-corrected chi connectivity index (χ2v) is 9.67. The van der Waals surface area contributed by atoms with Crippen LogP contribution in [0.25, 0.3) is 21.0 Å². The van der Waals surface area contributed by atoms with Crippen LogP contribution in [0.2, 0.25) is 0 Å². The van der Waals surface area contributed by atoms with Crippen molar-refractivity contribution in [2.45, 2.75) is 20.3 Å². The molecule has 0 bridgehead atoms. The molecule has 7 heteroatoms. The Balaban J connectivity index is 0.00000274. The quantitative estimate of drug-likeness (QED) is 0.359. The molecule has 0 N–H and O–H groups in total. The number of fused-ring (bicyclic) bond motifs is 2. The Labute approximate surface area is 210 Å². The highest BCUT2D eigenvalue weighted by Crippen LogP contribution is 2.33. The van der Waals surface area contributed by atoms with Crippen molar-refractivity contribution in [2.75, 3.05) is 44.3 Å². The zero-order valence-corrected chi connectivity index (χ0v) is 21.3. The van der Waals surface area contributed by atoms with Gasteiger partial charge in [0.1, 0.15) is 0 Å². The fourth-order valence-corrected chi connectivity index (χ4v) is 5.62. The molecular weight excluding hydrogens is 466 g/mol. The summed E-state index contributed by atoms with van der Waals surface area (Å²) < 4.78 is 6.66. The van der Waals surface area contributed by atoms with Crippen LogP contribution < -0.4 is 4.90 Å². The van der Waals surface area contributed by atoms with E-state index in [4.69, 9.17) is 9.72 Å². The molecule has 0 aliphatic carbocycles. The van der Waals surface area contributed by atoms with Crippen LogP contribution in [-0.4, -0.2) is 55.2 Å². The van der Waals surface area contributed by atoms with E-state index >= 15 is 0 Å². The number of halogens is 1. The van der Waals surface area contributed by atoms with Crippen LogP contribution in [0.1, 0.15) is 16.7 Å². The highest BCUT2D eigenvalue weighted by molar-refractivity contribution is 7.22. The van der Waals surface area contributed by atoms with Crippen molar-refractivity contribution in [1.29, 1.82) is 0 Å². The minimum atomic E-state index is 0. The Morgan fingerprint density at radius 3 is 2.56 bits per heavy atom. The van der Waals surface area contributed by atoms with Crippen LogP contribution in [-0.2, 0) is 16.0 Å². The van der Waals surface area contributed by atoms with Crippen molar-refractivity contribution in [3.05, 3.63) is 71.3 Å². The molecule has 5 rings (SSSR count). The highest BCUT2D eigenvalue weighted by Gasteiger charge is 2.23. The van der Waals surface area contributed by atoms with Gasteiger partial charge in [0.2, 0.25) is 5.91 Å². The summed E-state index contributed by atoms with van der Waals surface area (Å²) in [6.07, 6.45) is 0.359. The smallest absolute Gasteiger partial charge is 0.233 e. The number of anilines is 1. The number of rotatable bonds is 6. The maximum absolute atomic E-state index is 13.7. The first-order valence-corrected chi connectivity index (χ1v) is 12.4. The molecule has 3 aromatic carbocycles. The van der Waals surface area contributed by atoms with Gasteiger partial charge in [0.05, 0.1) is 29.9 Å². The first-order chi connectivity index (χ1) is 16.1. The summed E-state index contributed by atoms with van der Waals surface area (Å²) in [6.45, 7) is 8.96. The van der Waals surface area contributed by atoms with E-state index < -0.39 is 0 Å². The SMILES string of the molecule is Cc1ccc(C)c2sc(N(CCN3CCOCC3)C(=O)Cc3cccc4ccccc34)nc12.Cl. The standard InChI is InChI=1S/C27H29N3O2S.ClH/c1-19-10-11-20(2)26-25(19)28-27(33-26)30(13-12-29-14-16-32-17-15-29)24(31)18-22-8-5-7-21-6-3-4-9-23(21)22;/h3-11H,12-18H2,1-2H3;1H. The van der Waals surface area contributed by atoms with E-state index in [-0.39, 0.29) is 18.3 Å². The number of benzene rings is 3. The van der Waals surface area contributed by atoms with Crippen LogP contribution in [0, 0.1) is 13.8 Å². The second kappa shape index (κ2) is 10.8. The van der Waals surface area contributed by atoms with Crippen molar-refractivity contribution < 1.29 is 9.53 Å². The molecule has 1 saturated heterocycles. The first kappa shape index (κ1) is 24.6. The number of morpholine rings is 1. The van der Waals surface area contributed by atoms with Gasteiger partial charge >= 0.3 is 0 Å². The van der Waals surface area contributed by atoms with Gasteiger partial charge in [-0.3, -0.25) is 14.6 Å². The largest absolute Gasteiger partial charge is 0.379 e. The van der Waals surface area contributed by atoms with E-state index in [0.717, 1.165) is 65.4 Å². The van der Waals surface area contributed by atoms with E-state index in [1.165, 1.54) is 10.3 Å². The molecule has 5 nitrogen and oxygen atoms in total. The normalized spacial score (nSPS) is 14.3. The molecule has 34 heavy (non-hydrogen) atoms. The minimum absolute atomic E-state index is 0. The second-order valence-electron chi connectivity index (χ2n) is 8.69. The van der Waals surface area contributed by atoms with E-state index in [0.29, 0.717) is 13.0 Å². The highest BCUT2D eigenvalue weighted by atomic mass is 35.5. The third kappa shape index (κ3) is 5.10. The average molecular weight is 496 g/mol. The molecule has 0 unspecified atom stereocenters. The summed E-state index contributed by atoms with van der Waals surface area (Å²) in [4.78, 5) is 22.9. The number of carbonyl (C=O) groups excluding carboxylic acids is 1. The van der Waals surface area contributed by atoms with Gasteiger partial charge in [-0.15, -0.1) is 12.4 Å². The van der Waals surface area contributed by atoms with Crippen molar-refractivity contribution >= 4 is 55.8 Å². The molecule has 178 valence electrons. The number of hydrogen-bond acceptors (Lipinski definition) is 5. The summed E-state index contributed by atoms with van der Waals surface area (Å²) in [7, 11) is 0. The van der Waals surface area contributed by atoms with Crippen LogP contribution in [0.4, 0.5) is 5.13 Å². The monoisotopic (exact) mass is 495 g/mol. The maximum atomic E-state index is 13.7. The lowest BCUT2D eigenvalue weighted by atomic mass is 10.0. The molecule has 1 aromatic heterocycles. The maximum Gasteiger partial charge on any atom is 0.233 e. The molecular formula is C27H30ClN3O2S. The average Bonchev–Trinajstić information content (AvgIpc) is 3.29. The summed E-state index contributed by atoms with van der Waals surface area (Å²) >= 11 is 1.63. The number of aryl methyl sites for hydroxylation is 2. The van der Waals surface area contributed by atoms with Gasteiger partial charge in [0, 0.05) is 26.2 Å². The number of thiazole rings is 1. The van der Waals surface area contributed by atoms with Gasteiger partial charge < -0.3 is 4.74 Å². The fraction of sp³-hybridized carbons (Fsp3) is 0.333. The Morgan fingerprint density at radius 1 is 1.03 bits per heavy atom. The van der Waals surface area contributed by atoms with E-state index in [1.54, 1.807) is 11.3 Å². The van der Waals surface area contributed by atoms with Crippen LogP contribution in [0.3, 0.4) is 0 Å². The van der Waals surface area contributed by atoms with Crippen LogP contribution in [0.15, 0.2) is 54.6 Å². The Kier molecular flexibility index (Phi) is 7.84. The third-order valence-electron chi connectivity index (χ3n) is 6.43. The van der Waals surface area contributed by atoms with Crippen LogP contribution in [0.5, 0.6) is 0 Å². The van der Waals surface area contributed by atoms with E-state index in [9.17, 15) is 4.79 Å². The zero-order chi connectivity index (χ0) is 22.8. The van der Waals surface area contributed by atoms with E-state index in [1.807, 2.05) is 23.1 Å². The Morgan fingerprint density at radius 2 is 1.76 bits per heavy atom. The number of ether oxygens (including phenoxy) is 1. The minimum Gasteiger partial charge on any atom is -0.379 e.